The number of hydrogen-bond donors (Lipinski definition) is 2. The van der Waals surface area contributed by atoms with Gasteiger partial charge in [-0.2, -0.15) is 5.10 Å². The van der Waals surface area contributed by atoms with Crippen LogP contribution in [-0.4, -0.2) is 33.3 Å². The molecule has 1 aromatic carbocycles. The van der Waals surface area contributed by atoms with Gasteiger partial charge in [0.25, 0.3) is 5.56 Å². The second kappa shape index (κ2) is 7.52. The zero-order valence-corrected chi connectivity index (χ0v) is 13.6. The summed E-state index contributed by atoms with van der Waals surface area (Å²) < 4.78 is 14.4. The Morgan fingerprint density at radius 2 is 1.84 bits per heavy atom. The minimum absolute atomic E-state index is 0.203. The van der Waals surface area contributed by atoms with Crippen molar-refractivity contribution in [2.24, 2.45) is 0 Å². The number of anilines is 2. The molecule has 7 nitrogen and oxygen atoms in total. The fraction of sp³-hybridized carbons (Fsp3) is 0.176. The molecule has 128 valence electrons. The number of aromatic nitrogens is 4. The Morgan fingerprint density at radius 1 is 1.08 bits per heavy atom. The summed E-state index contributed by atoms with van der Waals surface area (Å²) in [5.74, 6) is 1.04. The smallest absolute Gasteiger partial charge is 0.266 e. The molecule has 0 radical (unpaired) electrons. The van der Waals surface area contributed by atoms with Crippen molar-refractivity contribution in [1.29, 1.82) is 0 Å². The largest absolute Gasteiger partial charge is 0.373 e. The first kappa shape index (κ1) is 16.6. The highest BCUT2D eigenvalue weighted by atomic mass is 19.1. The first-order valence-electron chi connectivity index (χ1n) is 7.73. The fourth-order valence-corrected chi connectivity index (χ4v) is 2.26. The van der Waals surface area contributed by atoms with Crippen molar-refractivity contribution in [1.82, 2.24) is 19.7 Å². The molecule has 0 amide bonds. The molecule has 0 atom stereocenters. The summed E-state index contributed by atoms with van der Waals surface area (Å²) in [5.41, 5.74) is 1.16. The lowest BCUT2D eigenvalue weighted by Crippen LogP contribution is -2.25. The van der Waals surface area contributed by atoms with E-state index in [1.807, 2.05) is 0 Å². The number of halogens is 1. The second-order valence-corrected chi connectivity index (χ2v) is 5.25. The topological polar surface area (TPSA) is 84.7 Å². The van der Waals surface area contributed by atoms with Gasteiger partial charge in [-0.05, 0) is 30.3 Å². The summed E-state index contributed by atoms with van der Waals surface area (Å²) in [6, 6.07) is 10.8. The van der Waals surface area contributed by atoms with Gasteiger partial charge in [-0.3, -0.25) is 4.79 Å². The summed E-state index contributed by atoms with van der Waals surface area (Å²) in [5, 5.41) is 10.4. The molecule has 25 heavy (non-hydrogen) atoms. The van der Waals surface area contributed by atoms with E-state index >= 15 is 0 Å². The average Bonchev–Trinajstić information content (AvgIpc) is 2.64. The minimum Gasteiger partial charge on any atom is -0.373 e. The van der Waals surface area contributed by atoms with Crippen LogP contribution in [0, 0.1) is 5.82 Å². The van der Waals surface area contributed by atoms with Crippen LogP contribution in [0.4, 0.5) is 16.0 Å². The fourth-order valence-electron chi connectivity index (χ4n) is 2.26. The number of nitrogens with one attached hydrogen (secondary N) is 2. The predicted octanol–water partition coefficient (Wildman–Crippen LogP) is 1.99. The van der Waals surface area contributed by atoms with Crippen LogP contribution in [0.1, 0.15) is 0 Å². The van der Waals surface area contributed by atoms with Crippen LogP contribution in [0.25, 0.3) is 11.3 Å². The predicted molar refractivity (Wildman–Crippen MR) is 94.0 cm³/mol. The molecule has 0 aliphatic heterocycles. The van der Waals surface area contributed by atoms with E-state index in [0.29, 0.717) is 30.4 Å². The Morgan fingerprint density at radius 3 is 2.60 bits per heavy atom. The van der Waals surface area contributed by atoms with Crippen molar-refractivity contribution in [3.05, 3.63) is 65.0 Å². The standard InChI is InChI=1S/C17H17FN6O/c1-19-15-10-16(22-11-21-15)20-8-9-24-17(25)7-6-14(23-24)12-2-4-13(18)5-3-12/h2-7,10-11H,8-9H2,1H3,(H2,19,20,21,22). The molecule has 2 N–H and O–H groups in total. The molecule has 8 heteroatoms. The Hall–Kier alpha value is -3.29. The molecule has 0 spiro atoms. The summed E-state index contributed by atoms with van der Waals surface area (Å²) in [7, 11) is 1.77. The maximum absolute atomic E-state index is 13.0. The van der Waals surface area contributed by atoms with Gasteiger partial charge in [0.15, 0.2) is 0 Å². The van der Waals surface area contributed by atoms with Gasteiger partial charge in [-0.1, -0.05) is 0 Å². The van der Waals surface area contributed by atoms with Crippen LogP contribution in [-0.2, 0) is 6.54 Å². The van der Waals surface area contributed by atoms with Gasteiger partial charge in [0.2, 0.25) is 0 Å². The molecule has 0 fully saturated rings. The molecule has 0 aliphatic carbocycles. The molecule has 0 saturated heterocycles. The molecular weight excluding hydrogens is 323 g/mol. The van der Waals surface area contributed by atoms with Gasteiger partial charge >= 0.3 is 0 Å². The third-order valence-corrected chi connectivity index (χ3v) is 3.56. The monoisotopic (exact) mass is 340 g/mol. The molecule has 2 aromatic heterocycles. The van der Waals surface area contributed by atoms with Crippen molar-refractivity contribution >= 4 is 11.6 Å². The lowest BCUT2D eigenvalue weighted by atomic mass is 10.1. The zero-order chi connectivity index (χ0) is 17.6. The van der Waals surface area contributed by atoms with Crippen molar-refractivity contribution in [2.45, 2.75) is 6.54 Å². The lowest BCUT2D eigenvalue weighted by Gasteiger charge is -2.09. The van der Waals surface area contributed by atoms with Crippen LogP contribution < -0.4 is 16.2 Å². The molecule has 0 aliphatic rings. The van der Waals surface area contributed by atoms with Gasteiger partial charge in [0, 0.05) is 31.3 Å². The second-order valence-electron chi connectivity index (χ2n) is 5.25. The van der Waals surface area contributed by atoms with E-state index in [4.69, 9.17) is 0 Å². The van der Waals surface area contributed by atoms with E-state index in [1.54, 1.807) is 31.3 Å². The maximum atomic E-state index is 13.0. The number of hydrogen-bond acceptors (Lipinski definition) is 6. The Kier molecular flexibility index (Phi) is 4.98. The molecule has 2 heterocycles. The highest BCUT2D eigenvalue weighted by molar-refractivity contribution is 5.57. The molecule has 3 rings (SSSR count). The van der Waals surface area contributed by atoms with Crippen molar-refractivity contribution < 1.29 is 4.39 Å². The summed E-state index contributed by atoms with van der Waals surface area (Å²) >= 11 is 0. The van der Waals surface area contributed by atoms with Crippen LogP contribution in [0.15, 0.2) is 53.6 Å². The normalized spacial score (nSPS) is 10.5. The van der Waals surface area contributed by atoms with E-state index in [0.717, 1.165) is 5.56 Å². The first-order chi connectivity index (χ1) is 12.2. The van der Waals surface area contributed by atoms with Crippen molar-refractivity contribution in [3.8, 4) is 11.3 Å². The quantitative estimate of drug-likeness (QED) is 0.714. The van der Waals surface area contributed by atoms with Gasteiger partial charge in [-0.15, -0.1) is 0 Å². The van der Waals surface area contributed by atoms with Crippen LogP contribution in [0.2, 0.25) is 0 Å². The highest BCUT2D eigenvalue weighted by Gasteiger charge is 2.04. The first-order valence-corrected chi connectivity index (χ1v) is 7.73. The summed E-state index contributed by atoms with van der Waals surface area (Å²) in [6.07, 6.45) is 1.45. The number of nitrogens with zero attached hydrogens (tertiary/aromatic N) is 4. The molecule has 0 saturated carbocycles. The van der Waals surface area contributed by atoms with E-state index in [1.165, 1.54) is 29.2 Å². The van der Waals surface area contributed by atoms with E-state index in [2.05, 4.69) is 25.7 Å². The Bertz CT molecular complexity index is 910. The van der Waals surface area contributed by atoms with Gasteiger partial charge in [-0.25, -0.2) is 19.0 Å². The zero-order valence-electron chi connectivity index (χ0n) is 13.6. The number of benzene rings is 1. The molecule has 0 bridgehead atoms. The van der Waals surface area contributed by atoms with E-state index < -0.39 is 0 Å². The maximum Gasteiger partial charge on any atom is 0.266 e. The van der Waals surface area contributed by atoms with Crippen molar-refractivity contribution in [3.63, 3.8) is 0 Å². The van der Waals surface area contributed by atoms with Gasteiger partial charge in [0.05, 0.1) is 12.2 Å². The molecule has 0 unspecified atom stereocenters. The van der Waals surface area contributed by atoms with E-state index in [-0.39, 0.29) is 11.4 Å². The third kappa shape index (κ3) is 4.17. The van der Waals surface area contributed by atoms with Gasteiger partial charge < -0.3 is 10.6 Å². The van der Waals surface area contributed by atoms with Gasteiger partial charge in [0.1, 0.15) is 23.8 Å². The highest BCUT2D eigenvalue weighted by Crippen LogP contribution is 2.15. The lowest BCUT2D eigenvalue weighted by molar-refractivity contribution is 0.600. The van der Waals surface area contributed by atoms with Crippen LogP contribution in [0.5, 0.6) is 0 Å². The van der Waals surface area contributed by atoms with Crippen LogP contribution >= 0.6 is 0 Å². The number of rotatable bonds is 6. The average molecular weight is 340 g/mol. The van der Waals surface area contributed by atoms with Crippen molar-refractivity contribution in [2.75, 3.05) is 24.2 Å². The minimum atomic E-state index is -0.313. The molecular formula is C17H17FN6O. The Labute approximate surface area is 143 Å². The summed E-state index contributed by atoms with van der Waals surface area (Å²) in [4.78, 5) is 20.1. The molecule has 3 aromatic rings. The third-order valence-electron chi connectivity index (χ3n) is 3.56. The Balaban J connectivity index is 1.70. The SMILES string of the molecule is CNc1cc(NCCn2nc(-c3ccc(F)cc3)ccc2=O)ncn1. The van der Waals surface area contributed by atoms with Crippen LogP contribution in [0.3, 0.4) is 0 Å². The summed E-state index contributed by atoms with van der Waals surface area (Å²) in [6.45, 7) is 0.840. The van der Waals surface area contributed by atoms with E-state index in [9.17, 15) is 9.18 Å².